The highest BCUT2D eigenvalue weighted by atomic mass is 16.7. The van der Waals surface area contributed by atoms with E-state index in [0.717, 1.165) is 56.2 Å². The van der Waals surface area contributed by atoms with Crippen LogP contribution in [0.5, 0.6) is 11.5 Å². The fourth-order valence-corrected chi connectivity index (χ4v) is 3.18. The number of rotatable bonds is 2. The van der Waals surface area contributed by atoms with Gasteiger partial charge < -0.3 is 19.3 Å². The summed E-state index contributed by atoms with van der Waals surface area (Å²) in [5.41, 5.74) is 1.15. The molecule has 0 unspecified atom stereocenters. The fraction of sp³-hybridized carbons (Fsp3) is 0.562. The molecule has 0 N–H and O–H groups in total. The molecule has 112 valence electrons. The van der Waals surface area contributed by atoms with Crippen LogP contribution in [0.1, 0.15) is 19.3 Å². The Morgan fingerprint density at radius 3 is 2.52 bits per heavy atom. The van der Waals surface area contributed by atoms with E-state index in [9.17, 15) is 4.79 Å². The average Bonchev–Trinajstić information content (AvgIpc) is 2.93. The van der Waals surface area contributed by atoms with Crippen LogP contribution in [0.4, 0.5) is 5.69 Å². The van der Waals surface area contributed by atoms with E-state index < -0.39 is 0 Å². The van der Waals surface area contributed by atoms with Gasteiger partial charge in [0.15, 0.2) is 11.5 Å². The van der Waals surface area contributed by atoms with Crippen molar-refractivity contribution < 1.29 is 14.3 Å². The summed E-state index contributed by atoms with van der Waals surface area (Å²) < 4.78 is 10.8. The Bertz CT molecular complexity index is 548. The van der Waals surface area contributed by atoms with E-state index in [1.807, 2.05) is 17.0 Å². The van der Waals surface area contributed by atoms with Crippen molar-refractivity contribution in [3.63, 3.8) is 0 Å². The highest BCUT2D eigenvalue weighted by molar-refractivity contribution is 5.80. The van der Waals surface area contributed by atoms with Gasteiger partial charge in [0.25, 0.3) is 0 Å². The van der Waals surface area contributed by atoms with Crippen LogP contribution in [0, 0.1) is 5.92 Å². The fourth-order valence-electron chi connectivity index (χ4n) is 3.18. The molecule has 0 bridgehead atoms. The van der Waals surface area contributed by atoms with Gasteiger partial charge in [0, 0.05) is 43.9 Å². The molecule has 1 aliphatic carbocycles. The van der Waals surface area contributed by atoms with Gasteiger partial charge in [0.05, 0.1) is 0 Å². The van der Waals surface area contributed by atoms with Gasteiger partial charge in [-0.2, -0.15) is 0 Å². The minimum atomic E-state index is 0.307. The van der Waals surface area contributed by atoms with Gasteiger partial charge in [-0.15, -0.1) is 0 Å². The molecule has 1 aromatic rings. The van der Waals surface area contributed by atoms with E-state index in [4.69, 9.17) is 9.47 Å². The lowest BCUT2D eigenvalue weighted by molar-refractivity contribution is -0.138. The normalized spacial score (nSPS) is 21.3. The largest absolute Gasteiger partial charge is 0.454 e. The van der Waals surface area contributed by atoms with Gasteiger partial charge in [0.1, 0.15) is 0 Å². The molecule has 0 atom stereocenters. The number of carbonyl (C=O) groups is 1. The van der Waals surface area contributed by atoms with Crippen molar-refractivity contribution in [3.8, 4) is 11.5 Å². The molecule has 0 radical (unpaired) electrons. The molecule has 2 aliphatic heterocycles. The van der Waals surface area contributed by atoms with E-state index in [1.165, 1.54) is 6.42 Å². The van der Waals surface area contributed by atoms with Gasteiger partial charge >= 0.3 is 0 Å². The number of anilines is 1. The average molecular weight is 288 g/mol. The molecule has 1 amide bonds. The molecule has 2 fully saturated rings. The second kappa shape index (κ2) is 5.13. The van der Waals surface area contributed by atoms with Crippen molar-refractivity contribution in [2.45, 2.75) is 19.3 Å². The van der Waals surface area contributed by atoms with Crippen LogP contribution in [0.3, 0.4) is 0 Å². The molecule has 2 heterocycles. The number of fused-ring (bicyclic) bond motifs is 1. The molecule has 3 aliphatic rings. The predicted octanol–water partition coefficient (Wildman–Crippen LogP) is 1.86. The zero-order chi connectivity index (χ0) is 14.2. The topological polar surface area (TPSA) is 42.0 Å². The third kappa shape index (κ3) is 2.30. The van der Waals surface area contributed by atoms with Crippen molar-refractivity contribution in [3.05, 3.63) is 18.2 Å². The molecule has 5 nitrogen and oxygen atoms in total. The predicted molar refractivity (Wildman–Crippen MR) is 78.7 cm³/mol. The van der Waals surface area contributed by atoms with Gasteiger partial charge in [-0.05, 0) is 25.0 Å². The van der Waals surface area contributed by atoms with Crippen LogP contribution in [-0.2, 0) is 4.79 Å². The van der Waals surface area contributed by atoms with Crippen LogP contribution in [-0.4, -0.2) is 43.8 Å². The minimum absolute atomic E-state index is 0.307. The Balaban J connectivity index is 1.39. The second-order valence-corrected chi connectivity index (χ2v) is 5.98. The molecule has 0 spiro atoms. The number of hydrogen-bond donors (Lipinski definition) is 0. The van der Waals surface area contributed by atoms with E-state index >= 15 is 0 Å². The summed E-state index contributed by atoms with van der Waals surface area (Å²) in [6, 6.07) is 6.06. The van der Waals surface area contributed by atoms with Crippen LogP contribution in [0.2, 0.25) is 0 Å². The highest BCUT2D eigenvalue weighted by Crippen LogP contribution is 2.36. The Morgan fingerprint density at radius 2 is 1.81 bits per heavy atom. The van der Waals surface area contributed by atoms with Crippen molar-refractivity contribution in [1.82, 2.24) is 4.90 Å². The molecule has 1 saturated carbocycles. The zero-order valence-electron chi connectivity index (χ0n) is 12.1. The van der Waals surface area contributed by atoms with Crippen LogP contribution in [0.25, 0.3) is 0 Å². The number of amides is 1. The van der Waals surface area contributed by atoms with Crippen molar-refractivity contribution in [2.75, 3.05) is 37.9 Å². The SMILES string of the molecule is O=C(C1CCC1)N1CCN(c2ccc3c(c2)OCO3)CC1. The maximum atomic E-state index is 12.2. The summed E-state index contributed by atoms with van der Waals surface area (Å²) in [5, 5.41) is 0. The summed E-state index contributed by atoms with van der Waals surface area (Å²) in [5.74, 6) is 2.31. The maximum Gasteiger partial charge on any atom is 0.231 e. The quantitative estimate of drug-likeness (QED) is 0.833. The highest BCUT2D eigenvalue weighted by Gasteiger charge is 2.31. The monoisotopic (exact) mass is 288 g/mol. The van der Waals surface area contributed by atoms with E-state index in [1.54, 1.807) is 0 Å². The van der Waals surface area contributed by atoms with E-state index in [2.05, 4.69) is 11.0 Å². The Kier molecular flexibility index (Phi) is 3.13. The first-order valence-electron chi connectivity index (χ1n) is 7.75. The third-order valence-corrected chi connectivity index (χ3v) is 4.77. The van der Waals surface area contributed by atoms with Crippen LogP contribution < -0.4 is 14.4 Å². The second-order valence-electron chi connectivity index (χ2n) is 5.98. The molecule has 0 aromatic heterocycles. The summed E-state index contributed by atoms with van der Waals surface area (Å²) >= 11 is 0. The van der Waals surface area contributed by atoms with Gasteiger partial charge in [-0.3, -0.25) is 4.79 Å². The lowest BCUT2D eigenvalue weighted by Crippen LogP contribution is -2.51. The van der Waals surface area contributed by atoms with Crippen molar-refractivity contribution >= 4 is 11.6 Å². The Hall–Kier alpha value is -1.91. The zero-order valence-corrected chi connectivity index (χ0v) is 12.1. The molecule has 21 heavy (non-hydrogen) atoms. The molecular weight excluding hydrogens is 268 g/mol. The summed E-state index contributed by atoms with van der Waals surface area (Å²) in [6.45, 7) is 3.73. The molecule has 1 aromatic carbocycles. The van der Waals surface area contributed by atoms with Crippen LogP contribution in [0.15, 0.2) is 18.2 Å². The first kappa shape index (κ1) is 12.8. The number of ether oxygens (including phenoxy) is 2. The van der Waals surface area contributed by atoms with Crippen molar-refractivity contribution in [1.29, 1.82) is 0 Å². The van der Waals surface area contributed by atoms with Crippen LogP contribution >= 0.6 is 0 Å². The summed E-state index contributed by atoms with van der Waals surface area (Å²) in [4.78, 5) is 16.6. The number of benzene rings is 1. The van der Waals surface area contributed by atoms with Crippen molar-refractivity contribution in [2.24, 2.45) is 5.92 Å². The number of nitrogens with zero attached hydrogens (tertiary/aromatic N) is 2. The lowest BCUT2D eigenvalue weighted by atomic mass is 9.84. The summed E-state index contributed by atoms with van der Waals surface area (Å²) in [7, 11) is 0. The molecular formula is C16H20N2O3. The molecule has 5 heteroatoms. The maximum absolute atomic E-state index is 12.2. The van der Waals surface area contributed by atoms with Gasteiger partial charge in [0.2, 0.25) is 12.7 Å². The minimum Gasteiger partial charge on any atom is -0.454 e. The van der Waals surface area contributed by atoms with E-state index in [-0.39, 0.29) is 0 Å². The smallest absolute Gasteiger partial charge is 0.231 e. The van der Waals surface area contributed by atoms with E-state index in [0.29, 0.717) is 18.6 Å². The Morgan fingerprint density at radius 1 is 1.05 bits per heavy atom. The summed E-state index contributed by atoms with van der Waals surface area (Å²) in [6.07, 6.45) is 3.38. The van der Waals surface area contributed by atoms with Gasteiger partial charge in [-0.25, -0.2) is 0 Å². The first-order chi connectivity index (χ1) is 10.3. The molecule has 1 saturated heterocycles. The number of hydrogen-bond acceptors (Lipinski definition) is 4. The third-order valence-electron chi connectivity index (χ3n) is 4.77. The number of piperazine rings is 1. The Labute approximate surface area is 124 Å². The molecule has 4 rings (SSSR count). The first-order valence-corrected chi connectivity index (χ1v) is 7.75. The lowest BCUT2D eigenvalue weighted by Gasteiger charge is -2.39. The van der Waals surface area contributed by atoms with Gasteiger partial charge in [-0.1, -0.05) is 6.42 Å². The number of carbonyl (C=O) groups excluding carboxylic acids is 1. The standard InChI is InChI=1S/C16H20N2O3/c19-16(12-2-1-3-12)18-8-6-17(7-9-18)13-4-5-14-15(10-13)21-11-20-14/h4-5,10,12H,1-3,6-9,11H2.